The van der Waals surface area contributed by atoms with E-state index < -0.39 is 0 Å². The fourth-order valence-corrected chi connectivity index (χ4v) is 2.47. The minimum atomic E-state index is 0.829. The Labute approximate surface area is 106 Å². The van der Waals surface area contributed by atoms with Crippen LogP contribution in [0.25, 0.3) is 11.0 Å². The first-order valence-corrected chi connectivity index (χ1v) is 6.36. The maximum Gasteiger partial charge on any atom is 0.163 e. The van der Waals surface area contributed by atoms with Crippen molar-refractivity contribution in [2.24, 2.45) is 7.05 Å². The highest BCUT2D eigenvalue weighted by Crippen LogP contribution is 2.20. The largest absolute Gasteiger partial charge is 0.372 e. The summed E-state index contributed by atoms with van der Waals surface area (Å²) in [5.41, 5.74) is 0.892. The Bertz CT molecular complexity index is 555. The molecule has 0 aromatic carbocycles. The summed E-state index contributed by atoms with van der Waals surface area (Å²) in [6.45, 7) is 3.14. The van der Waals surface area contributed by atoms with Gasteiger partial charge in [-0.15, -0.1) is 0 Å². The van der Waals surface area contributed by atoms with E-state index in [4.69, 9.17) is 0 Å². The van der Waals surface area contributed by atoms with E-state index in [0.29, 0.717) is 0 Å². The lowest BCUT2D eigenvalue weighted by atomic mass is 10.3. The smallest absolute Gasteiger partial charge is 0.163 e. The molecule has 2 aromatic rings. The van der Waals surface area contributed by atoms with Crippen molar-refractivity contribution in [3.05, 3.63) is 12.0 Å². The average Bonchev–Trinajstić information content (AvgIpc) is 3.00. The molecule has 18 heavy (non-hydrogen) atoms. The first-order valence-electron chi connectivity index (χ1n) is 6.36. The summed E-state index contributed by atoms with van der Waals surface area (Å²) in [6, 6.07) is 0. The summed E-state index contributed by atoms with van der Waals surface area (Å²) in [5, 5.41) is 8.34. The van der Waals surface area contributed by atoms with E-state index in [2.05, 4.69) is 25.3 Å². The summed E-state index contributed by atoms with van der Waals surface area (Å²) < 4.78 is 1.80. The Morgan fingerprint density at radius 2 is 2.06 bits per heavy atom. The number of hydrogen-bond donors (Lipinski definition) is 1. The van der Waals surface area contributed by atoms with Crippen LogP contribution in [0, 0.1) is 0 Å². The molecule has 0 atom stereocenters. The molecule has 1 aliphatic rings. The van der Waals surface area contributed by atoms with E-state index >= 15 is 0 Å². The van der Waals surface area contributed by atoms with E-state index in [0.717, 1.165) is 42.3 Å². The predicted octanol–water partition coefficient (Wildman–Crippen LogP) is 1.00. The topological polar surface area (TPSA) is 58.9 Å². The van der Waals surface area contributed by atoms with Crippen molar-refractivity contribution < 1.29 is 0 Å². The van der Waals surface area contributed by atoms with Gasteiger partial charge in [0.05, 0.1) is 18.1 Å². The monoisotopic (exact) mass is 246 g/mol. The lowest BCUT2D eigenvalue weighted by Gasteiger charge is -2.14. The first kappa shape index (κ1) is 11.4. The summed E-state index contributed by atoms with van der Waals surface area (Å²) in [4.78, 5) is 11.6. The molecule has 1 N–H and O–H groups in total. The molecular formula is C12H18N6. The Balaban J connectivity index is 1.98. The molecule has 0 unspecified atom stereocenters. The number of aromatic nitrogens is 4. The molecule has 1 saturated heterocycles. The predicted molar refractivity (Wildman–Crippen MR) is 70.4 cm³/mol. The Hall–Kier alpha value is -1.69. The third kappa shape index (κ3) is 1.92. The number of likely N-dealkylation sites (tertiary alicyclic amines) is 1. The summed E-state index contributed by atoms with van der Waals surface area (Å²) in [5.74, 6) is 1.74. The van der Waals surface area contributed by atoms with Gasteiger partial charge in [0.15, 0.2) is 5.65 Å². The zero-order valence-corrected chi connectivity index (χ0v) is 10.8. The zero-order valence-electron chi connectivity index (χ0n) is 10.8. The van der Waals surface area contributed by atoms with Crippen molar-refractivity contribution in [2.45, 2.75) is 19.4 Å². The maximum absolute atomic E-state index is 4.61. The first-order chi connectivity index (χ1) is 8.78. The molecule has 0 radical (unpaired) electrons. The minimum absolute atomic E-state index is 0.829. The molecule has 0 aliphatic carbocycles. The molecule has 1 aliphatic heterocycles. The molecule has 1 fully saturated rings. The van der Waals surface area contributed by atoms with E-state index in [1.807, 2.05) is 14.1 Å². The molecule has 0 amide bonds. The number of fused-ring (bicyclic) bond motifs is 1. The number of nitrogens with one attached hydrogen (secondary N) is 1. The third-order valence-electron chi connectivity index (χ3n) is 3.44. The Kier molecular flexibility index (Phi) is 2.87. The van der Waals surface area contributed by atoms with E-state index in [1.54, 1.807) is 10.9 Å². The SMILES string of the molecule is CNc1nc(CN2CCCC2)nc2c1cnn2C. The molecule has 0 spiro atoms. The molecule has 2 aromatic heterocycles. The van der Waals surface area contributed by atoms with E-state index in [1.165, 1.54) is 12.8 Å². The lowest BCUT2D eigenvalue weighted by molar-refractivity contribution is 0.323. The lowest BCUT2D eigenvalue weighted by Crippen LogP contribution is -2.20. The van der Waals surface area contributed by atoms with Crippen molar-refractivity contribution in [1.29, 1.82) is 0 Å². The van der Waals surface area contributed by atoms with Gasteiger partial charge in [0.2, 0.25) is 0 Å². The summed E-state index contributed by atoms with van der Waals surface area (Å²) in [6.07, 6.45) is 4.38. The number of hydrogen-bond acceptors (Lipinski definition) is 5. The van der Waals surface area contributed by atoms with Crippen LogP contribution < -0.4 is 5.32 Å². The number of rotatable bonds is 3. The highest BCUT2D eigenvalue weighted by atomic mass is 15.3. The van der Waals surface area contributed by atoms with Gasteiger partial charge in [0.1, 0.15) is 11.6 Å². The van der Waals surface area contributed by atoms with E-state index in [9.17, 15) is 0 Å². The van der Waals surface area contributed by atoms with Crippen molar-refractivity contribution in [3.8, 4) is 0 Å². The van der Waals surface area contributed by atoms with Crippen molar-refractivity contribution in [2.75, 3.05) is 25.5 Å². The zero-order chi connectivity index (χ0) is 12.5. The van der Waals surface area contributed by atoms with Crippen LogP contribution in [0.4, 0.5) is 5.82 Å². The van der Waals surface area contributed by atoms with Gasteiger partial charge in [-0.25, -0.2) is 9.97 Å². The highest BCUT2D eigenvalue weighted by molar-refractivity contribution is 5.86. The third-order valence-corrected chi connectivity index (χ3v) is 3.44. The van der Waals surface area contributed by atoms with Gasteiger partial charge in [-0.3, -0.25) is 9.58 Å². The highest BCUT2D eigenvalue weighted by Gasteiger charge is 2.16. The standard InChI is InChI=1S/C12H18N6/c1-13-11-9-7-14-17(2)12(9)16-10(15-11)8-18-5-3-4-6-18/h7H,3-6,8H2,1-2H3,(H,13,15,16). The summed E-state index contributed by atoms with van der Waals surface area (Å²) in [7, 11) is 3.79. The van der Waals surface area contributed by atoms with Gasteiger partial charge in [-0.2, -0.15) is 5.10 Å². The molecule has 6 nitrogen and oxygen atoms in total. The van der Waals surface area contributed by atoms with Gasteiger partial charge in [0, 0.05) is 14.1 Å². The normalized spacial score (nSPS) is 16.6. The molecule has 0 saturated carbocycles. The molecular weight excluding hydrogens is 228 g/mol. The van der Waals surface area contributed by atoms with Gasteiger partial charge in [-0.05, 0) is 25.9 Å². The van der Waals surface area contributed by atoms with Gasteiger partial charge in [-0.1, -0.05) is 0 Å². The maximum atomic E-state index is 4.61. The van der Waals surface area contributed by atoms with Crippen LogP contribution in [0.3, 0.4) is 0 Å². The second-order valence-electron chi connectivity index (χ2n) is 4.73. The summed E-state index contributed by atoms with van der Waals surface area (Å²) >= 11 is 0. The minimum Gasteiger partial charge on any atom is -0.372 e. The van der Waals surface area contributed by atoms with Crippen LogP contribution >= 0.6 is 0 Å². The van der Waals surface area contributed by atoms with Crippen LogP contribution in [0.5, 0.6) is 0 Å². The van der Waals surface area contributed by atoms with E-state index in [-0.39, 0.29) is 0 Å². The van der Waals surface area contributed by atoms with Crippen molar-refractivity contribution >= 4 is 16.9 Å². The van der Waals surface area contributed by atoms with Crippen LogP contribution in [0.15, 0.2) is 6.20 Å². The fraction of sp³-hybridized carbons (Fsp3) is 0.583. The van der Waals surface area contributed by atoms with Gasteiger partial charge < -0.3 is 5.32 Å². The molecule has 6 heteroatoms. The molecule has 96 valence electrons. The average molecular weight is 246 g/mol. The van der Waals surface area contributed by atoms with Gasteiger partial charge >= 0.3 is 0 Å². The quantitative estimate of drug-likeness (QED) is 0.875. The molecule has 3 heterocycles. The molecule has 0 bridgehead atoms. The van der Waals surface area contributed by atoms with Crippen molar-refractivity contribution in [3.63, 3.8) is 0 Å². The van der Waals surface area contributed by atoms with Gasteiger partial charge in [0.25, 0.3) is 0 Å². The second kappa shape index (κ2) is 4.53. The number of nitrogens with zero attached hydrogens (tertiary/aromatic N) is 5. The number of aryl methyl sites for hydroxylation is 1. The Morgan fingerprint density at radius 1 is 1.28 bits per heavy atom. The van der Waals surface area contributed by atoms with Crippen LogP contribution in [-0.4, -0.2) is 44.8 Å². The van der Waals surface area contributed by atoms with Crippen molar-refractivity contribution in [1.82, 2.24) is 24.6 Å². The Morgan fingerprint density at radius 3 is 2.78 bits per heavy atom. The number of anilines is 1. The second-order valence-corrected chi connectivity index (χ2v) is 4.73. The van der Waals surface area contributed by atoms with Crippen LogP contribution in [0.2, 0.25) is 0 Å². The fourth-order valence-electron chi connectivity index (χ4n) is 2.47. The van der Waals surface area contributed by atoms with Crippen LogP contribution in [0.1, 0.15) is 18.7 Å². The van der Waals surface area contributed by atoms with Crippen LogP contribution in [-0.2, 0) is 13.6 Å². The molecule has 3 rings (SSSR count).